The first-order chi connectivity index (χ1) is 10.5. The molecule has 1 aromatic carbocycles. The summed E-state index contributed by atoms with van der Waals surface area (Å²) in [7, 11) is -3.33. The van der Waals surface area contributed by atoms with Gasteiger partial charge in [-0.25, -0.2) is 13.8 Å². The van der Waals surface area contributed by atoms with Crippen LogP contribution in [-0.4, -0.2) is 57.2 Å². The van der Waals surface area contributed by atoms with Gasteiger partial charge >= 0.3 is 0 Å². The summed E-state index contributed by atoms with van der Waals surface area (Å²) in [4.78, 5) is 6.21. The molecule has 22 heavy (non-hydrogen) atoms. The Morgan fingerprint density at radius 2 is 1.82 bits per heavy atom. The summed E-state index contributed by atoms with van der Waals surface area (Å²) in [6, 6.07) is 7.60. The van der Waals surface area contributed by atoms with Gasteiger partial charge in [-0.1, -0.05) is 11.6 Å². The number of halogens is 1. The largest absolute Gasteiger partial charge is 0.369 e. The second-order valence-electron chi connectivity index (χ2n) is 5.18. The van der Waals surface area contributed by atoms with Crippen LogP contribution in [-0.2, 0) is 10.0 Å². The summed E-state index contributed by atoms with van der Waals surface area (Å²) < 4.78 is 26.3. The number of hydrogen-bond donors (Lipinski definition) is 2. The number of anilines is 1. The number of sulfonamides is 1. The van der Waals surface area contributed by atoms with Gasteiger partial charge in [-0.15, -0.1) is 0 Å². The van der Waals surface area contributed by atoms with E-state index in [-0.39, 0.29) is 5.75 Å². The van der Waals surface area contributed by atoms with Gasteiger partial charge in [0.25, 0.3) is 0 Å². The molecule has 7 nitrogen and oxygen atoms in total. The van der Waals surface area contributed by atoms with Crippen molar-refractivity contribution in [1.29, 1.82) is 0 Å². The second-order valence-corrected chi connectivity index (χ2v) is 7.59. The van der Waals surface area contributed by atoms with Crippen LogP contribution >= 0.6 is 11.6 Å². The van der Waals surface area contributed by atoms with Crippen LogP contribution in [0.3, 0.4) is 0 Å². The zero-order valence-corrected chi connectivity index (χ0v) is 13.6. The molecule has 0 bridgehead atoms. The molecule has 120 valence electrons. The minimum atomic E-state index is -3.33. The van der Waals surface area contributed by atoms with Crippen molar-refractivity contribution >= 4 is 33.1 Å². The number of benzene rings is 1. The van der Waals surface area contributed by atoms with Gasteiger partial charge in [0.2, 0.25) is 10.0 Å². The van der Waals surface area contributed by atoms with Gasteiger partial charge < -0.3 is 10.3 Å². The number of piperazine rings is 1. The summed E-state index contributed by atoms with van der Waals surface area (Å²) in [5, 5.41) is 0.698. The molecule has 0 amide bonds. The Hall–Kier alpha value is -1.35. The second kappa shape index (κ2) is 6.41. The maximum absolute atomic E-state index is 12.4. The van der Waals surface area contributed by atoms with Gasteiger partial charge in [-0.3, -0.25) is 4.99 Å². The van der Waals surface area contributed by atoms with E-state index < -0.39 is 10.0 Å². The molecule has 0 aliphatic carbocycles. The summed E-state index contributed by atoms with van der Waals surface area (Å²) in [6.07, 6.45) is 0. The fourth-order valence-corrected chi connectivity index (χ4v) is 4.08. The van der Waals surface area contributed by atoms with E-state index in [0.717, 1.165) is 5.69 Å². The van der Waals surface area contributed by atoms with Crippen molar-refractivity contribution in [2.24, 2.45) is 4.99 Å². The van der Waals surface area contributed by atoms with Crippen molar-refractivity contribution in [3.8, 4) is 0 Å². The van der Waals surface area contributed by atoms with Crippen LogP contribution in [0.2, 0.25) is 5.02 Å². The minimum Gasteiger partial charge on any atom is -0.369 e. The van der Waals surface area contributed by atoms with Crippen LogP contribution in [0, 0.1) is 0 Å². The van der Waals surface area contributed by atoms with E-state index in [1.54, 1.807) is 0 Å². The quantitative estimate of drug-likeness (QED) is 0.820. The van der Waals surface area contributed by atoms with Crippen LogP contribution in [0.15, 0.2) is 29.3 Å². The molecule has 1 saturated heterocycles. The Balaban J connectivity index is 1.60. The number of nitrogens with zero attached hydrogens (tertiary/aromatic N) is 3. The zero-order valence-electron chi connectivity index (χ0n) is 12.0. The highest BCUT2D eigenvalue weighted by Gasteiger charge is 2.28. The number of nitrogens with one attached hydrogen (secondary N) is 2. The summed E-state index contributed by atoms with van der Waals surface area (Å²) in [5.41, 5.74) is 6.60. The molecule has 2 N–H and O–H groups in total. The fourth-order valence-electron chi connectivity index (χ4n) is 2.54. The lowest BCUT2D eigenvalue weighted by Gasteiger charge is -2.35. The van der Waals surface area contributed by atoms with E-state index in [1.165, 1.54) is 4.31 Å². The van der Waals surface area contributed by atoms with Gasteiger partial charge in [0.1, 0.15) is 18.3 Å². The van der Waals surface area contributed by atoms with E-state index in [9.17, 15) is 8.42 Å². The topological polar surface area (TPSA) is 77.0 Å². The molecule has 0 unspecified atom stereocenters. The Morgan fingerprint density at radius 1 is 1.14 bits per heavy atom. The average Bonchev–Trinajstić information content (AvgIpc) is 3.00. The van der Waals surface area contributed by atoms with Gasteiger partial charge in [-0.05, 0) is 24.3 Å². The predicted molar refractivity (Wildman–Crippen MR) is 87.6 cm³/mol. The first-order valence-corrected chi connectivity index (χ1v) is 9.04. The Morgan fingerprint density at radius 3 is 2.41 bits per heavy atom. The third kappa shape index (κ3) is 3.52. The molecule has 0 aromatic heterocycles. The minimum absolute atomic E-state index is 0.0824. The zero-order chi connectivity index (χ0) is 15.6. The van der Waals surface area contributed by atoms with E-state index in [2.05, 4.69) is 20.7 Å². The molecule has 1 fully saturated rings. The summed E-state index contributed by atoms with van der Waals surface area (Å²) in [6.45, 7) is 2.70. The molecule has 2 heterocycles. The summed E-state index contributed by atoms with van der Waals surface area (Å²) >= 11 is 5.89. The van der Waals surface area contributed by atoms with E-state index in [4.69, 9.17) is 11.6 Å². The lowest BCUT2D eigenvalue weighted by Crippen LogP contribution is -2.50. The van der Waals surface area contributed by atoms with Crippen molar-refractivity contribution in [1.82, 2.24) is 15.2 Å². The molecule has 0 atom stereocenters. The highest BCUT2D eigenvalue weighted by Crippen LogP contribution is 2.20. The van der Waals surface area contributed by atoms with Crippen molar-refractivity contribution in [2.75, 3.05) is 43.5 Å². The van der Waals surface area contributed by atoms with E-state index in [0.29, 0.717) is 43.7 Å². The first kappa shape index (κ1) is 15.5. The van der Waals surface area contributed by atoms with Crippen LogP contribution < -0.4 is 15.8 Å². The predicted octanol–water partition coefficient (Wildman–Crippen LogP) is 0.256. The normalized spacial score (nSPS) is 19.9. The molecule has 9 heteroatoms. The van der Waals surface area contributed by atoms with Crippen LogP contribution in [0.1, 0.15) is 0 Å². The molecular formula is C13H18ClN5O2S. The number of amidine groups is 1. The third-order valence-electron chi connectivity index (χ3n) is 3.72. The Labute approximate surface area is 135 Å². The molecule has 2 aliphatic rings. The maximum atomic E-state index is 12.4. The number of rotatable bonds is 4. The SMILES string of the molecule is O=S(=O)(CC1=NCNN1)N1CCN(c2ccc(Cl)cc2)CC1. The fraction of sp³-hybridized carbons (Fsp3) is 0.462. The van der Waals surface area contributed by atoms with Gasteiger partial charge in [0, 0.05) is 36.9 Å². The highest BCUT2D eigenvalue weighted by atomic mass is 35.5. The molecule has 2 aliphatic heterocycles. The smallest absolute Gasteiger partial charge is 0.221 e. The molecule has 1 aromatic rings. The lowest BCUT2D eigenvalue weighted by molar-refractivity contribution is 0.387. The van der Waals surface area contributed by atoms with Crippen molar-refractivity contribution in [2.45, 2.75) is 0 Å². The van der Waals surface area contributed by atoms with Gasteiger partial charge in [0.15, 0.2) is 0 Å². The molecule has 0 radical (unpaired) electrons. The number of hydrogen-bond acceptors (Lipinski definition) is 6. The van der Waals surface area contributed by atoms with Gasteiger partial charge in [-0.2, -0.15) is 4.31 Å². The average molecular weight is 344 g/mol. The van der Waals surface area contributed by atoms with Crippen molar-refractivity contribution in [3.63, 3.8) is 0 Å². The Kier molecular flexibility index (Phi) is 4.53. The summed E-state index contributed by atoms with van der Waals surface area (Å²) in [5.74, 6) is 0.390. The standard InChI is InChI=1S/C13H18ClN5O2S/c14-11-1-3-12(4-2-11)18-5-7-19(8-6-18)22(20,21)9-13-15-10-16-17-13/h1-4,16H,5-10H2,(H,15,17). The third-order valence-corrected chi connectivity index (χ3v) is 5.77. The highest BCUT2D eigenvalue weighted by molar-refractivity contribution is 7.89. The molecule has 0 saturated carbocycles. The maximum Gasteiger partial charge on any atom is 0.221 e. The van der Waals surface area contributed by atoms with E-state index in [1.807, 2.05) is 24.3 Å². The van der Waals surface area contributed by atoms with Gasteiger partial charge in [0.05, 0.1) is 0 Å². The Bertz CT molecular complexity index is 654. The van der Waals surface area contributed by atoms with E-state index >= 15 is 0 Å². The lowest BCUT2D eigenvalue weighted by atomic mass is 10.2. The van der Waals surface area contributed by atoms with Crippen molar-refractivity contribution < 1.29 is 8.42 Å². The first-order valence-electron chi connectivity index (χ1n) is 7.05. The van der Waals surface area contributed by atoms with Crippen molar-refractivity contribution in [3.05, 3.63) is 29.3 Å². The monoisotopic (exact) mass is 343 g/mol. The molecule has 3 rings (SSSR count). The molecular weight excluding hydrogens is 326 g/mol. The number of hydrazine groups is 1. The molecule has 0 spiro atoms. The van der Waals surface area contributed by atoms with Crippen LogP contribution in [0.5, 0.6) is 0 Å². The van der Waals surface area contributed by atoms with Crippen LogP contribution in [0.25, 0.3) is 0 Å². The van der Waals surface area contributed by atoms with Crippen LogP contribution in [0.4, 0.5) is 5.69 Å². The number of aliphatic imine (C=N–C) groups is 1.